The topological polar surface area (TPSA) is 142 Å². The van der Waals surface area contributed by atoms with Crippen LogP contribution in [0.1, 0.15) is 43.0 Å². The van der Waals surface area contributed by atoms with Gasteiger partial charge >= 0.3 is 19.3 Å². The molecule has 0 aliphatic heterocycles. The van der Waals surface area contributed by atoms with Gasteiger partial charge in [0.15, 0.2) is 0 Å². The van der Waals surface area contributed by atoms with Gasteiger partial charge in [-0.05, 0) is 80.5 Å². The van der Waals surface area contributed by atoms with E-state index in [1.54, 1.807) is 32.9 Å². The van der Waals surface area contributed by atoms with Crippen LogP contribution in [0.15, 0.2) is 35.2 Å². The minimum atomic E-state index is -3.63. The largest absolute Gasteiger partial charge is 0.488 e. The summed E-state index contributed by atoms with van der Waals surface area (Å²) in [6.07, 6.45) is -0.923. The van der Waals surface area contributed by atoms with Crippen molar-refractivity contribution in [3.63, 3.8) is 0 Å². The number of hydrogen-bond acceptors (Lipinski definition) is 8. The number of aryl methyl sites for hydroxylation is 2. The van der Waals surface area contributed by atoms with Crippen LogP contribution < -0.4 is 10.8 Å². The van der Waals surface area contributed by atoms with Crippen molar-refractivity contribution in [1.29, 1.82) is 0 Å². The highest BCUT2D eigenvalue weighted by molar-refractivity contribution is 14.2. The summed E-state index contributed by atoms with van der Waals surface area (Å²) < 4.78 is 35.2. The Balaban J connectivity index is 2.10. The zero-order chi connectivity index (χ0) is 28.1. The first-order valence-electron chi connectivity index (χ1n) is 11.4. The van der Waals surface area contributed by atoms with E-state index in [2.05, 4.69) is 5.32 Å². The van der Waals surface area contributed by atoms with Crippen LogP contribution in [-0.4, -0.2) is 61.9 Å². The highest BCUT2D eigenvalue weighted by atomic mass is 127. The molecule has 2 rings (SSSR count). The molecule has 0 radical (unpaired) electrons. The highest BCUT2D eigenvalue weighted by Crippen LogP contribution is 2.27. The third-order valence-electron chi connectivity index (χ3n) is 5.28. The molecule has 0 heterocycles. The molecule has 0 spiro atoms. The number of ether oxygens (including phenoxy) is 2. The molecule has 2 aromatic carbocycles. The first-order valence-corrected chi connectivity index (χ1v) is 15.4. The van der Waals surface area contributed by atoms with Gasteiger partial charge in [-0.1, -0.05) is 12.1 Å². The fraction of sp³-hybridized carbons (Fsp3) is 0.417. The number of carbonyl (C=O) groups excluding carboxylic acids is 2. The average Bonchev–Trinajstić information content (AvgIpc) is 2.73. The van der Waals surface area contributed by atoms with Crippen LogP contribution >= 0.6 is 21.2 Å². The van der Waals surface area contributed by atoms with Crippen molar-refractivity contribution >= 4 is 58.7 Å². The van der Waals surface area contributed by atoms with Crippen LogP contribution in [0, 0.1) is 13.8 Å². The summed E-state index contributed by atoms with van der Waals surface area (Å²) in [7, 11) is -3.70. The van der Waals surface area contributed by atoms with Crippen LogP contribution in [0.25, 0.3) is 0 Å². The number of benzene rings is 2. The maximum Gasteiger partial charge on any atom is 0.488 e. The molecule has 2 amide bonds. The Hall–Kier alpha value is -2.36. The third kappa shape index (κ3) is 9.47. The number of amides is 2. The molecule has 0 aliphatic rings. The van der Waals surface area contributed by atoms with Gasteiger partial charge in [0.05, 0.1) is 39.3 Å². The normalized spacial score (nSPS) is 11.6. The Kier molecular flexibility index (Phi) is 10.4. The molecular formula is C24H32BIN2O8S. The summed E-state index contributed by atoms with van der Waals surface area (Å²) in [5.41, 5.74) is 2.91. The zero-order valence-electron chi connectivity index (χ0n) is 21.7. The maximum atomic E-state index is 12.4. The molecule has 3 N–H and O–H groups in total. The third-order valence-corrected chi connectivity index (χ3v) is 7.63. The summed E-state index contributed by atoms with van der Waals surface area (Å²) >= 11 is 1.32. The fourth-order valence-electron chi connectivity index (χ4n) is 3.65. The van der Waals surface area contributed by atoms with Gasteiger partial charge in [0.1, 0.15) is 5.60 Å². The lowest BCUT2D eigenvalue weighted by molar-refractivity contribution is 0.0283. The van der Waals surface area contributed by atoms with E-state index >= 15 is 0 Å². The SMILES string of the molecule is Cc1cc(B(O)O)cc(C)c1CCOC(=O)Nc1ccc(S(=O)(=O)I)c(CN(C)C(=O)OC(C)(C)C)c1. The molecule has 13 heteroatoms. The molecule has 2 aromatic rings. The second-order valence-electron chi connectivity index (χ2n) is 9.61. The summed E-state index contributed by atoms with van der Waals surface area (Å²) in [6.45, 7) is 8.88. The van der Waals surface area contributed by atoms with Crippen molar-refractivity contribution in [2.24, 2.45) is 0 Å². The maximum absolute atomic E-state index is 12.4. The first kappa shape index (κ1) is 30.9. The number of nitrogens with one attached hydrogen (secondary N) is 1. The van der Waals surface area contributed by atoms with Gasteiger partial charge < -0.3 is 24.4 Å². The molecule has 0 fully saturated rings. The van der Waals surface area contributed by atoms with Gasteiger partial charge in [0.2, 0.25) is 7.01 Å². The van der Waals surface area contributed by atoms with Crippen molar-refractivity contribution in [3.05, 3.63) is 52.6 Å². The number of anilines is 1. The second-order valence-corrected chi connectivity index (χ2v) is 14.4. The van der Waals surface area contributed by atoms with E-state index in [0.29, 0.717) is 23.1 Å². The monoisotopic (exact) mass is 646 g/mol. The minimum Gasteiger partial charge on any atom is -0.449 e. The van der Waals surface area contributed by atoms with Crippen LogP contribution in [0.4, 0.5) is 15.3 Å². The molecule has 0 aliphatic carbocycles. The number of carbonyl (C=O) groups is 2. The van der Waals surface area contributed by atoms with Gasteiger partial charge in [0, 0.05) is 19.2 Å². The standard InChI is InChI=1S/C24H32BIN2O8S/c1-15-11-18(25(31)32)12-16(2)20(15)9-10-35-22(29)27-19-7-8-21(37(26,33)34)17(13-19)14-28(6)23(30)36-24(3,4)5/h7-8,11-13,31-32H,9-10,14H2,1-6H3,(H,27,29). The van der Waals surface area contributed by atoms with Crippen molar-refractivity contribution in [1.82, 2.24) is 4.90 Å². The van der Waals surface area contributed by atoms with Gasteiger partial charge in [-0.2, -0.15) is 0 Å². The average molecular weight is 646 g/mol. The molecule has 0 unspecified atom stereocenters. The lowest BCUT2D eigenvalue weighted by atomic mass is 9.77. The lowest BCUT2D eigenvalue weighted by Gasteiger charge is -2.25. The summed E-state index contributed by atoms with van der Waals surface area (Å²) in [5.74, 6) is 0. The lowest BCUT2D eigenvalue weighted by Crippen LogP contribution is -2.34. The molecule has 0 bridgehead atoms. The Morgan fingerprint density at radius 3 is 2.22 bits per heavy atom. The number of hydrogen-bond donors (Lipinski definition) is 3. The summed E-state index contributed by atoms with van der Waals surface area (Å²) in [6, 6.07) is 7.62. The summed E-state index contributed by atoms with van der Waals surface area (Å²) in [4.78, 5) is 26.0. The van der Waals surface area contributed by atoms with Crippen molar-refractivity contribution in [2.45, 2.75) is 58.1 Å². The predicted octanol–water partition coefficient (Wildman–Crippen LogP) is 3.27. The van der Waals surface area contributed by atoms with Crippen LogP contribution in [0.5, 0.6) is 0 Å². The Morgan fingerprint density at radius 2 is 1.70 bits per heavy atom. The molecule has 10 nitrogen and oxygen atoms in total. The quantitative estimate of drug-likeness (QED) is 0.226. The van der Waals surface area contributed by atoms with Gasteiger partial charge in [0.25, 0.3) is 0 Å². The van der Waals surface area contributed by atoms with Crippen molar-refractivity contribution in [2.75, 3.05) is 19.0 Å². The van der Waals surface area contributed by atoms with E-state index in [1.165, 1.54) is 51.4 Å². The molecule has 202 valence electrons. The van der Waals surface area contributed by atoms with Crippen LogP contribution in [-0.2, 0) is 29.4 Å². The van der Waals surface area contributed by atoms with Gasteiger partial charge in [-0.25, -0.2) is 18.0 Å². The zero-order valence-corrected chi connectivity index (χ0v) is 24.6. The number of rotatable bonds is 8. The molecule has 0 saturated carbocycles. The second kappa shape index (κ2) is 12.5. The van der Waals surface area contributed by atoms with E-state index < -0.39 is 31.9 Å². The fourth-order valence-corrected chi connectivity index (χ4v) is 5.60. The van der Waals surface area contributed by atoms with Crippen molar-refractivity contribution < 1.29 is 37.5 Å². The highest BCUT2D eigenvalue weighted by Gasteiger charge is 2.23. The van der Waals surface area contributed by atoms with E-state index in [0.717, 1.165) is 16.7 Å². The van der Waals surface area contributed by atoms with Crippen molar-refractivity contribution in [3.8, 4) is 0 Å². The van der Waals surface area contributed by atoms with E-state index in [9.17, 15) is 28.1 Å². The Bertz CT molecular complexity index is 1240. The summed E-state index contributed by atoms with van der Waals surface area (Å²) in [5, 5.41) is 21.3. The number of halogens is 1. The van der Waals surface area contributed by atoms with Crippen LogP contribution in [0.2, 0.25) is 0 Å². The van der Waals surface area contributed by atoms with Gasteiger partial charge in [-0.15, -0.1) is 0 Å². The Labute approximate surface area is 230 Å². The minimum absolute atomic E-state index is 0.0184. The molecular weight excluding hydrogens is 614 g/mol. The predicted molar refractivity (Wildman–Crippen MR) is 150 cm³/mol. The van der Waals surface area contributed by atoms with Crippen LogP contribution in [0.3, 0.4) is 0 Å². The Morgan fingerprint density at radius 1 is 1.11 bits per heavy atom. The van der Waals surface area contributed by atoms with E-state index in [1.807, 2.05) is 13.8 Å². The first-order chi connectivity index (χ1) is 17.0. The van der Waals surface area contributed by atoms with E-state index in [4.69, 9.17) is 9.47 Å². The smallest absolute Gasteiger partial charge is 0.449 e. The molecule has 0 saturated heterocycles. The van der Waals surface area contributed by atoms with Gasteiger partial charge in [-0.3, -0.25) is 5.32 Å². The number of nitrogens with zero attached hydrogens (tertiary/aromatic N) is 1. The molecule has 37 heavy (non-hydrogen) atoms. The molecule has 0 atom stereocenters. The van der Waals surface area contributed by atoms with E-state index in [-0.39, 0.29) is 18.0 Å². The molecule has 0 aromatic heterocycles.